The molecule has 1 aliphatic carbocycles. The molecule has 0 spiro atoms. The van der Waals surface area contributed by atoms with Gasteiger partial charge in [0.1, 0.15) is 5.75 Å². The molecule has 0 heterocycles. The van der Waals surface area contributed by atoms with Crippen molar-refractivity contribution in [2.75, 3.05) is 13.7 Å². The van der Waals surface area contributed by atoms with Crippen molar-refractivity contribution in [2.24, 2.45) is 5.73 Å². The predicted molar refractivity (Wildman–Crippen MR) is 73.1 cm³/mol. The first-order valence-corrected chi connectivity index (χ1v) is 5.84. The highest BCUT2D eigenvalue weighted by atomic mass is 35.5. The first-order valence-electron chi connectivity index (χ1n) is 5.84. The molecular weight excluding hydrogens is 252 g/mol. The molecule has 4 nitrogen and oxygen atoms in total. The third kappa shape index (κ3) is 3.62. The maximum absolute atomic E-state index is 11.6. The average molecular weight is 271 g/mol. The highest BCUT2D eigenvalue weighted by Crippen LogP contribution is 2.31. The zero-order valence-corrected chi connectivity index (χ0v) is 11.3. The second kappa shape index (κ2) is 6.07. The zero-order valence-electron chi connectivity index (χ0n) is 10.4. The summed E-state index contributed by atoms with van der Waals surface area (Å²) in [6, 6.07) is 7.84. The zero-order chi connectivity index (χ0) is 12.3. The van der Waals surface area contributed by atoms with E-state index in [0.717, 1.165) is 30.6 Å². The van der Waals surface area contributed by atoms with Gasteiger partial charge in [0.25, 0.3) is 0 Å². The SMILES string of the molecule is COc1cccc(CCNC(=O)C2(N)CC2)c1.Cl. The summed E-state index contributed by atoms with van der Waals surface area (Å²) in [5, 5.41) is 2.87. The lowest BCUT2D eigenvalue weighted by Crippen LogP contribution is -2.43. The fraction of sp³-hybridized carbons (Fsp3) is 0.462. The molecule has 1 amide bonds. The van der Waals surface area contributed by atoms with Gasteiger partial charge in [-0.3, -0.25) is 4.79 Å². The van der Waals surface area contributed by atoms with Gasteiger partial charge in [-0.15, -0.1) is 12.4 Å². The maximum Gasteiger partial charge on any atom is 0.240 e. The van der Waals surface area contributed by atoms with E-state index < -0.39 is 5.54 Å². The third-order valence-electron chi connectivity index (χ3n) is 3.07. The Balaban J connectivity index is 0.00000162. The fourth-order valence-corrected chi connectivity index (χ4v) is 1.69. The Morgan fingerprint density at radius 3 is 2.83 bits per heavy atom. The molecule has 1 aliphatic rings. The van der Waals surface area contributed by atoms with E-state index in [1.165, 1.54) is 0 Å². The van der Waals surface area contributed by atoms with Gasteiger partial charge in [0.2, 0.25) is 5.91 Å². The minimum Gasteiger partial charge on any atom is -0.497 e. The van der Waals surface area contributed by atoms with Crippen molar-refractivity contribution in [3.8, 4) is 5.75 Å². The van der Waals surface area contributed by atoms with Gasteiger partial charge in [-0.05, 0) is 37.0 Å². The quantitative estimate of drug-likeness (QED) is 0.847. The molecule has 100 valence electrons. The molecule has 0 bridgehead atoms. The van der Waals surface area contributed by atoms with Gasteiger partial charge in [-0.2, -0.15) is 0 Å². The van der Waals surface area contributed by atoms with Crippen LogP contribution in [0.15, 0.2) is 24.3 Å². The first kappa shape index (κ1) is 14.8. The van der Waals surface area contributed by atoms with E-state index in [2.05, 4.69) is 5.32 Å². The van der Waals surface area contributed by atoms with Crippen molar-refractivity contribution in [2.45, 2.75) is 24.8 Å². The number of carbonyl (C=O) groups excluding carboxylic acids is 1. The average Bonchev–Trinajstić information content (AvgIpc) is 3.09. The summed E-state index contributed by atoms with van der Waals surface area (Å²) in [6.45, 7) is 0.616. The van der Waals surface area contributed by atoms with Crippen molar-refractivity contribution in [1.82, 2.24) is 5.32 Å². The largest absolute Gasteiger partial charge is 0.497 e. The van der Waals surface area contributed by atoms with Gasteiger partial charge in [-0.25, -0.2) is 0 Å². The molecule has 0 radical (unpaired) electrons. The van der Waals surface area contributed by atoms with Crippen molar-refractivity contribution in [3.05, 3.63) is 29.8 Å². The molecular formula is C13H19ClN2O2. The van der Waals surface area contributed by atoms with Crippen LogP contribution in [-0.4, -0.2) is 25.1 Å². The number of hydrogen-bond acceptors (Lipinski definition) is 3. The lowest BCUT2D eigenvalue weighted by Gasteiger charge is -2.10. The molecule has 1 aromatic rings. The number of hydrogen-bond donors (Lipinski definition) is 2. The number of benzene rings is 1. The van der Waals surface area contributed by atoms with Crippen LogP contribution in [0.4, 0.5) is 0 Å². The molecule has 0 aromatic heterocycles. The number of nitrogens with two attached hydrogens (primary N) is 1. The Morgan fingerprint density at radius 1 is 1.50 bits per heavy atom. The van der Waals surface area contributed by atoms with E-state index in [0.29, 0.717) is 6.54 Å². The van der Waals surface area contributed by atoms with E-state index in [4.69, 9.17) is 10.5 Å². The highest BCUT2D eigenvalue weighted by molar-refractivity contribution is 5.88. The number of halogens is 1. The van der Waals surface area contributed by atoms with E-state index >= 15 is 0 Å². The predicted octanol–water partition coefficient (Wildman–Crippen LogP) is 1.27. The van der Waals surface area contributed by atoms with E-state index in [1.807, 2.05) is 24.3 Å². The Morgan fingerprint density at radius 2 is 2.22 bits per heavy atom. The van der Waals surface area contributed by atoms with Crippen LogP contribution < -0.4 is 15.8 Å². The molecule has 0 saturated heterocycles. The Kier molecular flexibility index (Phi) is 4.99. The topological polar surface area (TPSA) is 64.3 Å². The number of amides is 1. The van der Waals surface area contributed by atoms with Gasteiger partial charge in [-0.1, -0.05) is 12.1 Å². The summed E-state index contributed by atoms with van der Waals surface area (Å²) in [7, 11) is 1.65. The minimum atomic E-state index is -0.575. The monoisotopic (exact) mass is 270 g/mol. The van der Waals surface area contributed by atoms with Crippen molar-refractivity contribution < 1.29 is 9.53 Å². The summed E-state index contributed by atoms with van der Waals surface area (Å²) < 4.78 is 5.14. The smallest absolute Gasteiger partial charge is 0.240 e. The van der Waals surface area contributed by atoms with Gasteiger partial charge in [0.05, 0.1) is 12.6 Å². The molecule has 3 N–H and O–H groups in total. The second-order valence-corrected chi connectivity index (χ2v) is 4.51. The van der Waals surface area contributed by atoms with Crippen LogP contribution in [0.25, 0.3) is 0 Å². The second-order valence-electron chi connectivity index (χ2n) is 4.51. The van der Waals surface area contributed by atoms with Crippen molar-refractivity contribution >= 4 is 18.3 Å². The summed E-state index contributed by atoms with van der Waals surface area (Å²) in [6.07, 6.45) is 2.40. The standard InChI is InChI=1S/C13H18N2O2.ClH/c1-17-11-4-2-3-10(9-11)5-8-15-12(16)13(14)6-7-13;/h2-4,9H,5-8,14H2,1H3,(H,15,16);1H. The third-order valence-corrected chi connectivity index (χ3v) is 3.07. The first-order chi connectivity index (χ1) is 8.14. The summed E-state index contributed by atoms with van der Waals surface area (Å²) in [5.74, 6) is 0.812. The van der Waals surface area contributed by atoms with Crippen LogP contribution in [-0.2, 0) is 11.2 Å². The number of nitrogens with one attached hydrogen (secondary N) is 1. The fourth-order valence-electron chi connectivity index (χ4n) is 1.69. The summed E-state index contributed by atoms with van der Waals surface area (Å²) in [4.78, 5) is 11.6. The van der Waals surface area contributed by atoms with Crippen LogP contribution in [0.5, 0.6) is 5.75 Å². The lowest BCUT2D eigenvalue weighted by atomic mass is 10.1. The van der Waals surface area contributed by atoms with Gasteiger partial charge in [0.15, 0.2) is 0 Å². The van der Waals surface area contributed by atoms with Crippen LogP contribution in [0.1, 0.15) is 18.4 Å². The van der Waals surface area contributed by atoms with Crippen LogP contribution >= 0.6 is 12.4 Å². The van der Waals surface area contributed by atoms with Crippen LogP contribution in [0, 0.1) is 0 Å². The minimum absolute atomic E-state index is 0. The van der Waals surface area contributed by atoms with Gasteiger partial charge < -0.3 is 15.8 Å². The number of carbonyl (C=O) groups is 1. The summed E-state index contributed by atoms with van der Waals surface area (Å²) >= 11 is 0. The number of ether oxygens (including phenoxy) is 1. The van der Waals surface area contributed by atoms with E-state index in [-0.39, 0.29) is 18.3 Å². The molecule has 2 rings (SSSR count). The van der Waals surface area contributed by atoms with E-state index in [9.17, 15) is 4.79 Å². The molecule has 0 unspecified atom stereocenters. The number of rotatable bonds is 5. The van der Waals surface area contributed by atoms with Gasteiger partial charge in [0, 0.05) is 6.54 Å². The molecule has 1 fully saturated rings. The Labute approximate surface area is 113 Å². The highest BCUT2D eigenvalue weighted by Gasteiger charge is 2.45. The molecule has 1 saturated carbocycles. The summed E-state index contributed by atoms with van der Waals surface area (Å²) in [5.41, 5.74) is 6.35. The van der Waals surface area contributed by atoms with Gasteiger partial charge >= 0.3 is 0 Å². The molecule has 0 atom stereocenters. The molecule has 18 heavy (non-hydrogen) atoms. The van der Waals surface area contributed by atoms with E-state index in [1.54, 1.807) is 7.11 Å². The van der Waals surface area contributed by atoms with Crippen molar-refractivity contribution in [1.29, 1.82) is 0 Å². The normalized spacial score (nSPS) is 15.4. The van der Waals surface area contributed by atoms with Crippen LogP contribution in [0.3, 0.4) is 0 Å². The Hall–Kier alpha value is -1.26. The molecule has 1 aromatic carbocycles. The molecule has 0 aliphatic heterocycles. The number of methoxy groups -OCH3 is 1. The Bertz CT molecular complexity index is 419. The van der Waals surface area contributed by atoms with Crippen LogP contribution in [0.2, 0.25) is 0 Å². The lowest BCUT2D eigenvalue weighted by molar-refractivity contribution is -0.123. The molecule has 5 heteroatoms. The maximum atomic E-state index is 11.6. The van der Waals surface area contributed by atoms with Crippen molar-refractivity contribution in [3.63, 3.8) is 0 Å².